The van der Waals surface area contributed by atoms with Crippen molar-refractivity contribution in [1.82, 2.24) is 9.55 Å². The molecule has 0 fully saturated rings. The lowest BCUT2D eigenvalue weighted by molar-refractivity contribution is 0.671. The van der Waals surface area contributed by atoms with Crippen molar-refractivity contribution in [3.05, 3.63) is 53.1 Å². The number of benzene rings is 1. The minimum absolute atomic E-state index is 0.629. The van der Waals surface area contributed by atoms with E-state index in [4.69, 9.17) is 17.3 Å². The van der Waals surface area contributed by atoms with E-state index < -0.39 is 0 Å². The Labute approximate surface area is 99.9 Å². The first kappa shape index (κ1) is 11.2. The van der Waals surface area contributed by atoms with Gasteiger partial charge in [-0.15, -0.1) is 0 Å². The zero-order chi connectivity index (χ0) is 11.4. The molecule has 0 aliphatic carbocycles. The second-order valence-electron chi connectivity index (χ2n) is 3.63. The van der Waals surface area contributed by atoms with Crippen molar-refractivity contribution in [1.29, 1.82) is 0 Å². The molecule has 84 valence electrons. The van der Waals surface area contributed by atoms with Crippen molar-refractivity contribution in [2.24, 2.45) is 5.73 Å². The number of rotatable bonds is 4. The van der Waals surface area contributed by atoms with Crippen molar-refractivity contribution in [2.45, 2.75) is 13.0 Å². The number of halogens is 1. The van der Waals surface area contributed by atoms with Gasteiger partial charge >= 0.3 is 0 Å². The molecule has 0 aliphatic heterocycles. The van der Waals surface area contributed by atoms with Crippen LogP contribution in [0, 0.1) is 0 Å². The molecule has 2 rings (SSSR count). The topological polar surface area (TPSA) is 43.8 Å². The van der Waals surface area contributed by atoms with Crippen LogP contribution in [0.3, 0.4) is 0 Å². The van der Waals surface area contributed by atoms with Crippen LogP contribution in [0.1, 0.15) is 11.4 Å². The van der Waals surface area contributed by atoms with Crippen LogP contribution in [0.25, 0.3) is 0 Å². The van der Waals surface area contributed by atoms with Gasteiger partial charge in [0.2, 0.25) is 0 Å². The number of hydrogen-bond acceptors (Lipinski definition) is 2. The molecule has 0 saturated carbocycles. The Balaban J connectivity index is 2.13. The summed E-state index contributed by atoms with van der Waals surface area (Å²) in [7, 11) is 0. The summed E-state index contributed by atoms with van der Waals surface area (Å²) in [5, 5.41) is 0.758. The SMILES string of the molecule is NCCn1ccnc1Cc1ccc(Cl)cc1. The van der Waals surface area contributed by atoms with E-state index in [9.17, 15) is 0 Å². The molecule has 0 radical (unpaired) electrons. The van der Waals surface area contributed by atoms with E-state index in [-0.39, 0.29) is 0 Å². The summed E-state index contributed by atoms with van der Waals surface area (Å²) in [4.78, 5) is 4.33. The summed E-state index contributed by atoms with van der Waals surface area (Å²) in [6, 6.07) is 7.83. The molecule has 2 N–H and O–H groups in total. The zero-order valence-electron chi connectivity index (χ0n) is 8.94. The minimum Gasteiger partial charge on any atom is -0.333 e. The summed E-state index contributed by atoms with van der Waals surface area (Å²) < 4.78 is 2.08. The molecule has 1 aromatic heterocycles. The Morgan fingerprint density at radius 2 is 2.00 bits per heavy atom. The predicted molar refractivity (Wildman–Crippen MR) is 65.5 cm³/mol. The third-order valence-corrected chi connectivity index (χ3v) is 2.70. The van der Waals surface area contributed by atoms with Gasteiger partial charge in [0, 0.05) is 36.9 Å². The molecular formula is C12H14ClN3. The maximum atomic E-state index is 5.84. The first-order valence-corrected chi connectivity index (χ1v) is 5.62. The average Bonchev–Trinajstić information content (AvgIpc) is 2.70. The van der Waals surface area contributed by atoms with Crippen molar-refractivity contribution in [3.63, 3.8) is 0 Å². The van der Waals surface area contributed by atoms with Crippen molar-refractivity contribution >= 4 is 11.6 Å². The lowest BCUT2D eigenvalue weighted by Gasteiger charge is -2.06. The number of hydrogen-bond donors (Lipinski definition) is 1. The molecule has 4 heteroatoms. The summed E-state index contributed by atoms with van der Waals surface area (Å²) >= 11 is 5.84. The van der Waals surface area contributed by atoms with Crippen LogP contribution in [-0.2, 0) is 13.0 Å². The fourth-order valence-electron chi connectivity index (χ4n) is 1.63. The molecule has 0 saturated heterocycles. The van der Waals surface area contributed by atoms with Gasteiger partial charge in [-0.3, -0.25) is 0 Å². The summed E-state index contributed by atoms with van der Waals surface area (Å²) in [6.45, 7) is 1.44. The first-order chi connectivity index (χ1) is 7.79. The number of nitrogens with zero attached hydrogens (tertiary/aromatic N) is 2. The van der Waals surface area contributed by atoms with Crippen LogP contribution < -0.4 is 5.73 Å². The Morgan fingerprint density at radius 1 is 1.25 bits per heavy atom. The van der Waals surface area contributed by atoms with Crippen LogP contribution >= 0.6 is 11.6 Å². The standard InChI is InChI=1S/C12H14ClN3/c13-11-3-1-10(2-4-11)9-12-15-6-8-16(12)7-5-14/h1-4,6,8H,5,7,9,14H2. The van der Waals surface area contributed by atoms with Gasteiger partial charge in [-0.1, -0.05) is 23.7 Å². The highest BCUT2D eigenvalue weighted by Crippen LogP contribution is 2.12. The Morgan fingerprint density at radius 3 is 2.69 bits per heavy atom. The molecule has 3 nitrogen and oxygen atoms in total. The average molecular weight is 236 g/mol. The molecule has 0 atom stereocenters. The van der Waals surface area contributed by atoms with Gasteiger partial charge in [-0.05, 0) is 17.7 Å². The molecule has 0 bridgehead atoms. The van der Waals surface area contributed by atoms with Gasteiger partial charge in [-0.25, -0.2) is 4.98 Å². The van der Waals surface area contributed by atoms with Crippen LogP contribution in [0.2, 0.25) is 5.02 Å². The van der Waals surface area contributed by atoms with Gasteiger partial charge < -0.3 is 10.3 Å². The second kappa shape index (κ2) is 5.14. The highest BCUT2D eigenvalue weighted by molar-refractivity contribution is 6.30. The first-order valence-electron chi connectivity index (χ1n) is 5.24. The van der Waals surface area contributed by atoms with Crippen molar-refractivity contribution < 1.29 is 0 Å². The number of nitrogens with two attached hydrogens (primary N) is 1. The van der Waals surface area contributed by atoms with E-state index in [1.165, 1.54) is 5.56 Å². The third-order valence-electron chi connectivity index (χ3n) is 2.45. The summed E-state index contributed by atoms with van der Waals surface area (Å²) in [5.74, 6) is 1.03. The second-order valence-corrected chi connectivity index (χ2v) is 4.07. The van der Waals surface area contributed by atoms with Crippen LogP contribution in [-0.4, -0.2) is 16.1 Å². The maximum absolute atomic E-state index is 5.84. The number of aromatic nitrogens is 2. The van der Waals surface area contributed by atoms with Crippen LogP contribution in [0.15, 0.2) is 36.7 Å². The van der Waals surface area contributed by atoms with E-state index in [1.54, 1.807) is 6.20 Å². The Bertz CT molecular complexity index is 448. The van der Waals surface area contributed by atoms with Gasteiger partial charge in [0.15, 0.2) is 0 Å². The molecule has 0 amide bonds. The highest BCUT2D eigenvalue weighted by Gasteiger charge is 2.03. The summed E-state index contributed by atoms with van der Waals surface area (Å²) in [6.07, 6.45) is 4.57. The quantitative estimate of drug-likeness (QED) is 0.882. The largest absolute Gasteiger partial charge is 0.333 e. The lowest BCUT2D eigenvalue weighted by Crippen LogP contribution is -2.12. The minimum atomic E-state index is 0.629. The smallest absolute Gasteiger partial charge is 0.113 e. The van der Waals surface area contributed by atoms with E-state index >= 15 is 0 Å². The maximum Gasteiger partial charge on any atom is 0.113 e. The van der Waals surface area contributed by atoms with Gasteiger partial charge in [0.1, 0.15) is 5.82 Å². The van der Waals surface area contributed by atoms with Crippen molar-refractivity contribution in [3.8, 4) is 0 Å². The van der Waals surface area contributed by atoms with E-state index in [2.05, 4.69) is 9.55 Å². The highest BCUT2D eigenvalue weighted by atomic mass is 35.5. The predicted octanol–water partition coefficient (Wildman–Crippen LogP) is 2.09. The summed E-state index contributed by atoms with van der Waals surface area (Å²) in [5.41, 5.74) is 6.74. The molecule has 1 aromatic carbocycles. The lowest BCUT2D eigenvalue weighted by atomic mass is 10.1. The normalized spacial score (nSPS) is 10.6. The number of imidazole rings is 1. The van der Waals surface area contributed by atoms with Crippen LogP contribution in [0.4, 0.5) is 0 Å². The molecular weight excluding hydrogens is 222 g/mol. The zero-order valence-corrected chi connectivity index (χ0v) is 9.69. The van der Waals surface area contributed by atoms with E-state index in [1.807, 2.05) is 30.5 Å². The molecule has 16 heavy (non-hydrogen) atoms. The molecule has 0 aliphatic rings. The fraction of sp³-hybridized carbons (Fsp3) is 0.250. The fourth-order valence-corrected chi connectivity index (χ4v) is 1.76. The third kappa shape index (κ3) is 2.62. The van der Waals surface area contributed by atoms with E-state index in [0.717, 1.165) is 23.8 Å². The van der Waals surface area contributed by atoms with Crippen LogP contribution in [0.5, 0.6) is 0 Å². The van der Waals surface area contributed by atoms with Gasteiger partial charge in [0.25, 0.3) is 0 Å². The molecule has 0 spiro atoms. The molecule has 1 heterocycles. The van der Waals surface area contributed by atoms with Crippen molar-refractivity contribution in [2.75, 3.05) is 6.54 Å². The molecule has 0 unspecified atom stereocenters. The molecule has 2 aromatic rings. The monoisotopic (exact) mass is 235 g/mol. The van der Waals surface area contributed by atoms with Gasteiger partial charge in [0.05, 0.1) is 0 Å². The van der Waals surface area contributed by atoms with Gasteiger partial charge in [-0.2, -0.15) is 0 Å². The Kier molecular flexibility index (Phi) is 3.59. The Hall–Kier alpha value is -1.32. The van der Waals surface area contributed by atoms with E-state index in [0.29, 0.717) is 6.54 Å².